The summed E-state index contributed by atoms with van der Waals surface area (Å²) < 4.78 is 0. The topological polar surface area (TPSA) is 68.0 Å². The van der Waals surface area contributed by atoms with Crippen LogP contribution in [-0.4, -0.2) is 23.5 Å². The van der Waals surface area contributed by atoms with Crippen molar-refractivity contribution in [2.75, 3.05) is 6.54 Å². The van der Waals surface area contributed by atoms with E-state index in [2.05, 4.69) is 11.4 Å². The number of hydrogen-bond donors (Lipinski definition) is 2. The summed E-state index contributed by atoms with van der Waals surface area (Å²) in [6.45, 7) is 4.48. The highest BCUT2D eigenvalue weighted by molar-refractivity contribution is 6.08. The highest BCUT2D eigenvalue weighted by Crippen LogP contribution is 2.25. The second-order valence-electron chi connectivity index (χ2n) is 5.82. The van der Waals surface area contributed by atoms with E-state index in [1.165, 1.54) is 0 Å². The van der Waals surface area contributed by atoms with Crippen molar-refractivity contribution in [3.8, 4) is 0 Å². The first kappa shape index (κ1) is 15.4. The summed E-state index contributed by atoms with van der Waals surface area (Å²) in [5.41, 5.74) is 9.04. The van der Waals surface area contributed by atoms with Crippen molar-refractivity contribution in [3.05, 3.63) is 53.6 Å². The van der Waals surface area contributed by atoms with Crippen LogP contribution in [0.4, 0.5) is 0 Å². The number of hydrogen-bond acceptors (Lipinski definition) is 3. The number of nitrogens with one attached hydrogen (secondary N) is 1. The zero-order chi connectivity index (χ0) is 16.4. The quantitative estimate of drug-likeness (QED) is 0.728. The summed E-state index contributed by atoms with van der Waals surface area (Å²) in [6.07, 6.45) is 0.808. The predicted octanol–water partition coefficient (Wildman–Crippen LogP) is 3.16. The number of aryl methyl sites for hydroxylation is 1. The van der Waals surface area contributed by atoms with Gasteiger partial charge in [-0.25, -0.2) is 4.98 Å². The minimum Gasteiger partial charge on any atom is -0.348 e. The fraction of sp³-hybridized carbons (Fsp3) is 0.263. The van der Waals surface area contributed by atoms with E-state index in [1.807, 2.05) is 50.2 Å². The van der Waals surface area contributed by atoms with Gasteiger partial charge in [-0.15, -0.1) is 0 Å². The molecule has 1 heterocycles. The van der Waals surface area contributed by atoms with Gasteiger partial charge in [-0.2, -0.15) is 0 Å². The Bertz CT molecular complexity index is 869. The van der Waals surface area contributed by atoms with Crippen molar-refractivity contribution in [2.45, 2.75) is 26.3 Å². The van der Waals surface area contributed by atoms with E-state index in [-0.39, 0.29) is 11.9 Å². The molecule has 23 heavy (non-hydrogen) atoms. The molecule has 1 unspecified atom stereocenters. The number of fused-ring (bicyclic) bond motifs is 2. The molecular weight excluding hydrogens is 286 g/mol. The van der Waals surface area contributed by atoms with Crippen LogP contribution in [0.5, 0.6) is 0 Å². The molecule has 0 fully saturated rings. The zero-order valence-corrected chi connectivity index (χ0v) is 13.5. The highest BCUT2D eigenvalue weighted by atomic mass is 16.1. The third kappa shape index (κ3) is 2.90. The Hall–Kier alpha value is -2.46. The van der Waals surface area contributed by atoms with E-state index in [4.69, 9.17) is 10.7 Å². The van der Waals surface area contributed by atoms with E-state index >= 15 is 0 Å². The molecule has 3 rings (SSSR count). The fourth-order valence-corrected chi connectivity index (χ4v) is 2.77. The Kier molecular flexibility index (Phi) is 4.26. The normalized spacial score (nSPS) is 12.5. The summed E-state index contributed by atoms with van der Waals surface area (Å²) in [7, 11) is 0. The lowest BCUT2D eigenvalue weighted by molar-refractivity contribution is 0.0938. The first-order valence-electron chi connectivity index (χ1n) is 7.94. The van der Waals surface area contributed by atoms with E-state index in [0.29, 0.717) is 12.1 Å². The molecule has 0 bridgehead atoms. The Labute approximate surface area is 135 Å². The Balaban J connectivity index is 2.15. The SMILES string of the molecule is CCC(CN)NC(=O)c1ccc(C)c2cc3ccccc3nc12. The van der Waals surface area contributed by atoms with Crippen LogP contribution in [0.25, 0.3) is 21.8 Å². The first-order chi connectivity index (χ1) is 11.1. The van der Waals surface area contributed by atoms with Gasteiger partial charge in [0.15, 0.2) is 0 Å². The van der Waals surface area contributed by atoms with Gasteiger partial charge in [-0.05, 0) is 37.1 Å². The molecule has 1 amide bonds. The second kappa shape index (κ2) is 6.34. The molecule has 118 valence electrons. The van der Waals surface area contributed by atoms with Crippen molar-refractivity contribution in [2.24, 2.45) is 5.73 Å². The number of amides is 1. The molecule has 0 aliphatic carbocycles. The standard InChI is InChI=1S/C19H21N3O/c1-3-14(11-20)21-19(23)15-9-8-12(2)16-10-13-6-4-5-7-17(13)22-18(15)16/h4-10,14H,3,11,20H2,1-2H3,(H,21,23). The molecule has 3 N–H and O–H groups in total. The van der Waals surface area contributed by atoms with Crippen LogP contribution >= 0.6 is 0 Å². The number of carbonyl (C=O) groups excluding carboxylic acids is 1. The van der Waals surface area contributed by atoms with Gasteiger partial charge in [0.05, 0.1) is 16.6 Å². The number of nitrogens with two attached hydrogens (primary N) is 1. The number of nitrogens with zero attached hydrogens (tertiary/aromatic N) is 1. The molecule has 1 atom stereocenters. The van der Waals surface area contributed by atoms with E-state index < -0.39 is 0 Å². The van der Waals surface area contributed by atoms with Crippen molar-refractivity contribution < 1.29 is 4.79 Å². The summed E-state index contributed by atoms with van der Waals surface area (Å²) in [4.78, 5) is 17.4. The third-order valence-corrected chi connectivity index (χ3v) is 4.26. The Morgan fingerprint density at radius 1 is 1.26 bits per heavy atom. The third-order valence-electron chi connectivity index (χ3n) is 4.26. The smallest absolute Gasteiger partial charge is 0.253 e. The fourth-order valence-electron chi connectivity index (χ4n) is 2.77. The van der Waals surface area contributed by atoms with Crippen LogP contribution < -0.4 is 11.1 Å². The van der Waals surface area contributed by atoms with Gasteiger partial charge >= 0.3 is 0 Å². The molecule has 0 radical (unpaired) electrons. The van der Waals surface area contributed by atoms with E-state index in [0.717, 1.165) is 33.8 Å². The minimum absolute atomic E-state index is 0.0145. The molecule has 2 aromatic carbocycles. The Morgan fingerprint density at radius 2 is 2.04 bits per heavy atom. The molecule has 3 aromatic rings. The van der Waals surface area contributed by atoms with Crippen LogP contribution in [0.3, 0.4) is 0 Å². The van der Waals surface area contributed by atoms with Crippen LogP contribution in [0.1, 0.15) is 29.3 Å². The van der Waals surface area contributed by atoms with Crippen LogP contribution in [0.2, 0.25) is 0 Å². The Morgan fingerprint density at radius 3 is 2.78 bits per heavy atom. The largest absolute Gasteiger partial charge is 0.348 e. The van der Waals surface area contributed by atoms with Gasteiger partial charge in [-0.1, -0.05) is 31.2 Å². The average Bonchev–Trinajstić information content (AvgIpc) is 2.58. The number of rotatable bonds is 4. The molecule has 0 aliphatic rings. The minimum atomic E-state index is -0.116. The summed E-state index contributed by atoms with van der Waals surface area (Å²) in [5.74, 6) is -0.116. The second-order valence-corrected chi connectivity index (χ2v) is 5.82. The van der Waals surface area contributed by atoms with Gasteiger partial charge in [0.1, 0.15) is 0 Å². The van der Waals surface area contributed by atoms with Crippen molar-refractivity contribution in [1.29, 1.82) is 0 Å². The van der Waals surface area contributed by atoms with Crippen LogP contribution in [0, 0.1) is 6.92 Å². The summed E-state index contributed by atoms with van der Waals surface area (Å²) in [6, 6.07) is 13.9. The average molecular weight is 307 g/mol. The number of benzene rings is 2. The van der Waals surface area contributed by atoms with Gasteiger partial charge in [0, 0.05) is 23.4 Å². The molecule has 4 heteroatoms. The molecule has 0 saturated heterocycles. The molecular formula is C19H21N3O. The summed E-state index contributed by atoms with van der Waals surface area (Å²) in [5, 5.41) is 5.08. The van der Waals surface area contributed by atoms with Gasteiger partial charge in [-0.3, -0.25) is 4.79 Å². The molecule has 4 nitrogen and oxygen atoms in total. The van der Waals surface area contributed by atoms with Gasteiger partial charge < -0.3 is 11.1 Å². The molecule has 1 aromatic heterocycles. The molecule has 0 aliphatic heterocycles. The monoisotopic (exact) mass is 307 g/mol. The van der Waals surface area contributed by atoms with E-state index in [1.54, 1.807) is 0 Å². The van der Waals surface area contributed by atoms with Crippen molar-refractivity contribution in [1.82, 2.24) is 10.3 Å². The van der Waals surface area contributed by atoms with Crippen LogP contribution in [-0.2, 0) is 0 Å². The van der Waals surface area contributed by atoms with Gasteiger partial charge in [0.2, 0.25) is 0 Å². The van der Waals surface area contributed by atoms with Crippen LogP contribution in [0.15, 0.2) is 42.5 Å². The number of aromatic nitrogens is 1. The lowest BCUT2D eigenvalue weighted by atomic mass is 10.0. The maximum absolute atomic E-state index is 12.6. The van der Waals surface area contributed by atoms with Crippen molar-refractivity contribution >= 4 is 27.7 Å². The molecule has 0 saturated carbocycles. The number of carbonyl (C=O) groups is 1. The van der Waals surface area contributed by atoms with Gasteiger partial charge in [0.25, 0.3) is 5.91 Å². The van der Waals surface area contributed by atoms with Crippen molar-refractivity contribution in [3.63, 3.8) is 0 Å². The lowest BCUT2D eigenvalue weighted by Gasteiger charge is -2.16. The molecule has 0 spiro atoms. The lowest BCUT2D eigenvalue weighted by Crippen LogP contribution is -2.39. The summed E-state index contributed by atoms with van der Waals surface area (Å²) >= 11 is 0. The number of pyridine rings is 1. The number of para-hydroxylation sites is 1. The maximum atomic E-state index is 12.6. The zero-order valence-electron chi connectivity index (χ0n) is 13.5. The first-order valence-corrected chi connectivity index (χ1v) is 7.94. The predicted molar refractivity (Wildman–Crippen MR) is 94.6 cm³/mol. The van der Waals surface area contributed by atoms with E-state index in [9.17, 15) is 4.79 Å². The highest BCUT2D eigenvalue weighted by Gasteiger charge is 2.16. The maximum Gasteiger partial charge on any atom is 0.253 e.